The third-order valence-electron chi connectivity index (χ3n) is 4.11. The normalized spacial score (nSPS) is 15.6. The van der Waals surface area contributed by atoms with Crippen LogP contribution in [0.2, 0.25) is 0 Å². The summed E-state index contributed by atoms with van der Waals surface area (Å²) in [6.45, 7) is 2.68. The van der Waals surface area contributed by atoms with Crippen LogP contribution < -0.4 is 20.9 Å². The van der Waals surface area contributed by atoms with Crippen LogP contribution in [-0.4, -0.2) is 23.1 Å². The highest BCUT2D eigenvalue weighted by Crippen LogP contribution is 2.30. The molecule has 6 heteroatoms. The molecule has 1 N–H and O–H groups in total. The molecule has 0 saturated carbocycles. The smallest absolute Gasteiger partial charge is 0.329 e. The number of rotatable bonds is 2. The van der Waals surface area contributed by atoms with Gasteiger partial charge >= 0.3 is 5.69 Å². The van der Waals surface area contributed by atoms with Gasteiger partial charge in [0.05, 0.1) is 11.8 Å². The Morgan fingerprint density at radius 1 is 1.22 bits per heavy atom. The van der Waals surface area contributed by atoms with Gasteiger partial charge in [0.25, 0.3) is 5.56 Å². The molecule has 1 aromatic carbocycles. The highest BCUT2D eigenvalue weighted by atomic mass is 16.5. The number of fused-ring (bicyclic) bond motifs is 1. The van der Waals surface area contributed by atoms with E-state index in [1.807, 2.05) is 43.1 Å². The van der Waals surface area contributed by atoms with E-state index in [1.165, 1.54) is 4.57 Å². The van der Waals surface area contributed by atoms with Gasteiger partial charge in [0.2, 0.25) is 0 Å². The summed E-state index contributed by atoms with van der Waals surface area (Å²) in [4.78, 5) is 28.4. The molecule has 1 aromatic heterocycles. The Morgan fingerprint density at radius 3 is 2.70 bits per heavy atom. The quantitative estimate of drug-likeness (QED) is 0.856. The van der Waals surface area contributed by atoms with Crippen LogP contribution >= 0.6 is 0 Å². The Kier molecular flexibility index (Phi) is 3.82. The minimum atomic E-state index is -0.415. The zero-order chi connectivity index (χ0) is 16.6. The molecule has 0 bridgehead atoms. The van der Waals surface area contributed by atoms with Gasteiger partial charge in [0.1, 0.15) is 11.6 Å². The van der Waals surface area contributed by atoms with Crippen LogP contribution in [0.4, 0.5) is 5.82 Å². The van der Waals surface area contributed by atoms with Crippen molar-refractivity contribution in [1.82, 2.24) is 9.55 Å². The highest BCUT2D eigenvalue weighted by Gasteiger charge is 2.25. The van der Waals surface area contributed by atoms with E-state index in [-0.39, 0.29) is 5.56 Å². The summed E-state index contributed by atoms with van der Waals surface area (Å²) >= 11 is 0. The maximum atomic E-state index is 12.3. The molecule has 1 aliphatic rings. The van der Waals surface area contributed by atoms with E-state index < -0.39 is 5.69 Å². The second-order valence-corrected chi connectivity index (χ2v) is 5.71. The van der Waals surface area contributed by atoms with Gasteiger partial charge in [0, 0.05) is 26.2 Å². The lowest BCUT2D eigenvalue weighted by atomic mass is 10.0. The van der Waals surface area contributed by atoms with Gasteiger partial charge < -0.3 is 9.64 Å². The highest BCUT2D eigenvalue weighted by molar-refractivity contribution is 5.76. The van der Waals surface area contributed by atoms with Crippen LogP contribution in [0, 0.1) is 6.92 Å². The minimum absolute atomic E-state index is 0.380. The third kappa shape index (κ3) is 2.67. The molecule has 0 fully saturated rings. The number of aryl methyl sites for hydroxylation is 1. The zero-order valence-electron chi connectivity index (χ0n) is 13.4. The van der Waals surface area contributed by atoms with E-state index >= 15 is 0 Å². The molecule has 0 unspecified atom stereocenters. The van der Waals surface area contributed by atoms with Gasteiger partial charge in [-0.3, -0.25) is 14.3 Å². The number of hydrogen-bond donors (Lipinski definition) is 1. The van der Waals surface area contributed by atoms with Crippen LogP contribution in [0.15, 0.2) is 40.1 Å². The summed E-state index contributed by atoms with van der Waals surface area (Å²) in [5.41, 5.74) is 1.51. The summed E-state index contributed by atoms with van der Waals surface area (Å²) < 4.78 is 7.23. The first-order chi connectivity index (χ1) is 11.0. The molecule has 0 saturated heterocycles. The molecule has 1 aliphatic heterocycles. The van der Waals surface area contributed by atoms with E-state index in [2.05, 4.69) is 4.98 Å². The second kappa shape index (κ2) is 5.79. The molecule has 120 valence electrons. The van der Waals surface area contributed by atoms with Gasteiger partial charge in [0.15, 0.2) is 0 Å². The SMILES string of the molecule is Cc1ccccc1O/C=C1/CCN(C)c2c1c(=O)[nH]c(=O)n2C. The Labute approximate surface area is 133 Å². The fourth-order valence-electron chi connectivity index (χ4n) is 2.81. The molecule has 2 aromatic rings. The summed E-state index contributed by atoms with van der Waals surface area (Å²) in [5, 5.41) is 0. The van der Waals surface area contributed by atoms with Crippen molar-refractivity contribution in [2.45, 2.75) is 13.3 Å². The second-order valence-electron chi connectivity index (χ2n) is 5.71. The molecule has 0 amide bonds. The van der Waals surface area contributed by atoms with Crippen molar-refractivity contribution in [3.63, 3.8) is 0 Å². The van der Waals surface area contributed by atoms with Crippen molar-refractivity contribution in [1.29, 1.82) is 0 Å². The van der Waals surface area contributed by atoms with Gasteiger partial charge in [-0.05, 0) is 25.0 Å². The van der Waals surface area contributed by atoms with Crippen molar-refractivity contribution in [3.05, 3.63) is 62.5 Å². The van der Waals surface area contributed by atoms with E-state index in [9.17, 15) is 9.59 Å². The molecule has 0 aliphatic carbocycles. The van der Waals surface area contributed by atoms with Crippen LogP contribution in [0.1, 0.15) is 17.5 Å². The number of aromatic amines is 1. The van der Waals surface area contributed by atoms with Gasteiger partial charge in [-0.15, -0.1) is 0 Å². The number of anilines is 1. The summed E-state index contributed by atoms with van der Waals surface area (Å²) in [6, 6.07) is 7.70. The topological polar surface area (TPSA) is 67.3 Å². The number of hydrogen-bond acceptors (Lipinski definition) is 4. The van der Waals surface area contributed by atoms with Crippen molar-refractivity contribution < 1.29 is 4.74 Å². The first kappa shape index (κ1) is 15.1. The fourth-order valence-corrected chi connectivity index (χ4v) is 2.81. The largest absolute Gasteiger partial charge is 0.464 e. The van der Waals surface area contributed by atoms with Crippen LogP contribution in [0.3, 0.4) is 0 Å². The predicted octanol–water partition coefficient (Wildman–Crippen LogP) is 1.64. The summed E-state index contributed by atoms with van der Waals surface area (Å²) in [7, 11) is 3.52. The lowest BCUT2D eigenvalue weighted by molar-refractivity contribution is 0.477. The Balaban J connectivity index is 2.08. The standard InChI is InChI=1S/C17H19N3O3/c1-11-6-4-5-7-13(11)23-10-12-8-9-19(2)16-14(12)15(21)18-17(22)20(16)3/h4-7,10H,8-9H2,1-3H3,(H,18,21,22)/b12-10-. The van der Waals surface area contributed by atoms with E-state index in [1.54, 1.807) is 13.3 Å². The number of nitrogens with one attached hydrogen (secondary N) is 1. The predicted molar refractivity (Wildman–Crippen MR) is 90.0 cm³/mol. The first-order valence-corrected chi connectivity index (χ1v) is 7.45. The Morgan fingerprint density at radius 2 is 1.96 bits per heavy atom. The lowest BCUT2D eigenvalue weighted by Gasteiger charge is -2.29. The summed E-state index contributed by atoms with van der Waals surface area (Å²) in [6.07, 6.45) is 2.30. The average molecular weight is 313 g/mol. The van der Waals surface area contributed by atoms with Crippen molar-refractivity contribution >= 4 is 11.4 Å². The van der Waals surface area contributed by atoms with Crippen molar-refractivity contribution in [3.8, 4) is 5.75 Å². The number of nitrogens with zero attached hydrogens (tertiary/aromatic N) is 2. The first-order valence-electron chi connectivity index (χ1n) is 7.45. The molecular formula is C17H19N3O3. The molecule has 0 radical (unpaired) electrons. The average Bonchev–Trinajstić information content (AvgIpc) is 2.52. The van der Waals surface area contributed by atoms with Crippen LogP contribution in [0.5, 0.6) is 5.75 Å². The summed E-state index contributed by atoms with van der Waals surface area (Å²) in [5.74, 6) is 1.37. The molecule has 0 spiro atoms. The minimum Gasteiger partial charge on any atom is -0.464 e. The van der Waals surface area contributed by atoms with Crippen LogP contribution in [-0.2, 0) is 7.05 Å². The van der Waals surface area contributed by atoms with Gasteiger partial charge in [-0.25, -0.2) is 4.79 Å². The lowest BCUT2D eigenvalue weighted by Crippen LogP contribution is -2.39. The Bertz CT molecular complexity index is 893. The number of H-pyrrole nitrogens is 1. The van der Waals surface area contributed by atoms with Gasteiger partial charge in [-0.1, -0.05) is 18.2 Å². The van der Waals surface area contributed by atoms with Crippen molar-refractivity contribution in [2.75, 3.05) is 18.5 Å². The number of benzene rings is 1. The molecule has 3 rings (SSSR count). The zero-order valence-corrected chi connectivity index (χ0v) is 13.4. The molecule has 6 nitrogen and oxygen atoms in total. The number of ether oxygens (including phenoxy) is 1. The fraction of sp³-hybridized carbons (Fsp3) is 0.294. The van der Waals surface area contributed by atoms with E-state index in [0.717, 1.165) is 16.9 Å². The van der Waals surface area contributed by atoms with E-state index in [4.69, 9.17) is 4.74 Å². The monoisotopic (exact) mass is 313 g/mol. The third-order valence-corrected chi connectivity index (χ3v) is 4.11. The van der Waals surface area contributed by atoms with Crippen LogP contribution in [0.25, 0.3) is 5.57 Å². The molecule has 0 atom stereocenters. The van der Waals surface area contributed by atoms with Gasteiger partial charge in [-0.2, -0.15) is 0 Å². The maximum absolute atomic E-state index is 12.3. The number of para-hydroxylation sites is 1. The van der Waals surface area contributed by atoms with Crippen molar-refractivity contribution in [2.24, 2.45) is 7.05 Å². The number of aromatic nitrogens is 2. The maximum Gasteiger partial charge on any atom is 0.329 e. The Hall–Kier alpha value is -2.76. The molecule has 2 heterocycles. The molecular weight excluding hydrogens is 294 g/mol. The molecule has 23 heavy (non-hydrogen) atoms. The van der Waals surface area contributed by atoms with E-state index in [0.29, 0.717) is 24.3 Å².